The highest BCUT2D eigenvalue weighted by molar-refractivity contribution is 8.34. The lowest BCUT2D eigenvalue weighted by molar-refractivity contribution is 0.0593. The maximum Gasteiger partial charge on any atom is 0.357 e. The molecule has 0 fully saturated rings. The van der Waals surface area contributed by atoms with E-state index in [1.807, 2.05) is 5.41 Å². The quantitative estimate of drug-likeness (QED) is 0.746. The Labute approximate surface area is 163 Å². The highest BCUT2D eigenvalue weighted by atomic mass is 35.5. The first-order valence-corrected chi connectivity index (χ1v) is 11.0. The van der Waals surface area contributed by atoms with Gasteiger partial charge in [-0.3, -0.25) is 0 Å². The molecule has 1 heterocycles. The molecule has 0 bridgehead atoms. The van der Waals surface area contributed by atoms with Crippen LogP contribution >= 0.6 is 21.6 Å². The van der Waals surface area contributed by atoms with Crippen LogP contribution < -0.4 is 10.5 Å². The molecule has 2 rings (SSSR count). The molecule has 1 aromatic heterocycles. The molecule has 27 heavy (non-hydrogen) atoms. The monoisotopic (exact) mass is 413 g/mol. The van der Waals surface area contributed by atoms with Crippen molar-refractivity contribution in [2.24, 2.45) is 0 Å². The Balaban J connectivity index is 2.70. The van der Waals surface area contributed by atoms with Gasteiger partial charge in [0.25, 0.3) is 0 Å². The summed E-state index contributed by atoms with van der Waals surface area (Å²) >= 11 is 5.92. The fourth-order valence-corrected chi connectivity index (χ4v) is 2.96. The Bertz CT molecular complexity index is 914. The van der Waals surface area contributed by atoms with Gasteiger partial charge in [-0.2, -0.15) is 0 Å². The van der Waals surface area contributed by atoms with Gasteiger partial charge >= 0.3 is 5.97 Å². The highest BCUT2D eigenvalue weighted by Crippen LogP contribution is 2.38. The molecule has 6 nitrogen and oxygen atoms in total. The zero-order valence-electron chi connectivity index (χ0n) is 15.7. The number of carbonyl (C=O) groups is 1. The van der Waals surface area contributed by atoms with E-state index < -0.39 is 21.8 Å². The van der Waals surface area contributed by atoms with Crippen molar-refractivity contribution < 1.29 is 18.7 Å². The van der Waals surface area contributed by atoms with Gasteiger partial charge in [0.1, 0.15) is 5.82 Å². The Hall–Kier alpha value is -2.32. The second kappa shape index (κ2) is 8.14. The SMILES string of the molecule is COC(=O)c1nc(-c2ccc(Cl)c(OC)c2F)nc(N)c1/C=C/S(C)(C)C. The zero-order chi connectivity index (χ0) is 20.4. The number of rotatable bonds is 5. The standard InChI is InChI=1S/C18H21ClFN3O3S/c1-25-15-12(19)7-6-10(13(15)20)17-22-14(18(24)26-2)11(16(21)23-17)8-9-27(3,4)5/h6-9H,1-5H3,(H2,21,22,23)/b9-8+. The lowest BCUT2D eigenvalue weighted by Crippen LogP contribution is -2.12. The number of hydrogen-bond acceptors (Lipinski definition) is 6. The van der Waals surface area contributed by atoms with Crippen molar-refractivity contribution in [1.29, 1.82) is 0 Å². The Morgan fingerprint density at radius 3 is 2.48 bits per heavy atom. The van der Waals surface area contributed by atoms with E-state index in [1.54, 1.807) is 6.08 Å². The Morgan fingerprint density at radius 2 is 1.93 bits per heavy atom. The molecule has 146 valence electrons. The van der Waals surface area contributed by atoms with E-state index in [9.17, 15) is 9.18 Å². The number of nitrogens with zero attached hydrogens (tertiary/aromatic N) is 2. The minimum Gasteiger partial charge on any atom is -0.492 e. The van der Waals surface area contributed by atoms with Gasteiger partial charge in [-0.15, -0.1) is 0 Å². The van der Waals surface area contributed by atoms with Crippen LogP contribution in [0, 0.1) is 5.82 Å². The largest absolute Gasteiger partial charge is 0.492 e. The van der Waals surface area contributed by atoms with Gasteiger partial charge in [0, 0.05) is 0 Å². The molecule has 0 unspecified atom stereocenters. The molecule has 2 N–H and O–H groups in total. The van der Waals surface area contributed by atoms with Crippen LogP contribution in [0.4, 0.5) is 10.2 Å². The highest BCUT2D eigenvalue weighted by Gasteiger charge is 2.22. The first-order valence-electron chi connectivity index (χ1n) is 7.73. The summed E-state index contributed by atoms with van der Waals surface area (Å²) in [6.45, 7) is 0. The predicted octanol–water partition coefficient (Wildman–Crippen LogP) is 3.98. The van der Waals surface area contributed by atoms with Crippen LogP contribution in [-0.2, 0) is 4.74 Å². The number of halogens is 2. The summed E-state index contributed by atoms with van der Waals surface area (Å²) in [4.78, 5) is 20.6. The number of anilines is 1. The summed E-state index contributed by atoms with van der Waals surface area (Å²) < 4.78 is 24.5. The molecule has 0 aliphatic heterocycles. The molecule has 0 radical (unpaired) electrons. The third-order valence-corrected chi connectivity index (χ3v) is 4.74. The molecule has 0 saturated heterocycles. The van der Waals surface area contributed by atoms with E-state index in [-0.39, 0.29) is 33.7 Å². The number of esters is 1. The van der Waals surface area contributed by atoms with E-state index >= 15 is 0 Å². The topological polar surface area (TPSA) is 87.3 Å². The van der Waals surface area contributed by atoms with Crippen LogP contribution in [0.2, 0.25) is 5.02 Å². The minimum absolute atomic E-state index is 0.00470. The molecule has 0 atom stereocenters. The van der Waals surface area contributed by atoms with Gasteiger partial charge in [-0.25, -0.2) is 29.2 Å². The number of aromatic nitrogens is 2. The maximum absolute atomic E-state index is 14.7. The van der Waals surface area contributed by atoms with Crippen molar-refractivity contribution >= 4 is 39.5 Å². The maximum atomic E-state index is 14.7. The van der Waals surface area contributed by atoms with Crippen molar-refractivity contribution in [2.75, 3.05) is 38.7 Å². The molecule has 0 saturated carbocycles. The average molecular weight is 414 g/mol. The summed E-state index contributed by atoms with van der Waals surface area (Å²) in [7, 11) is 1.52. The molecule has 0 amide bonds. The van der Waals surface area contributed by atoms with Crippen LogP contribution in [0.5, 0.6) is 5.75 Å². The number of benzene rings is 1. The molecule has 1 aromatic carbocycles. The van der Waals surface area contributed by atoms with Gasteiger partial charge < -0.3 is 15.2 Å². The fraction of sp³-hybridized carbons (Fsp3) is 0.278. The molecule has 0 aliphatic carbocycles. The molecule has 0 spiro atoms. The summed E-state index contributed by atoms with van der Waals surface area (Å²) in [5.74, 6) is -1.62. The van der Waals surface area contributed by atoms with Crippen molar-refractivity contribution in [3.63, 3.8) is 0 Å². The predicted molar refractivity (Wildman–Crippen MR) is 109 cm³/mol. The van der Waals surface area contributed by atoms with Gasteiger partial charge in [-0.1, -0.05) is 11.6 Å². The summed E-state index contributed by atoms with van der Waals surface area (Å²) in [5.41, 5.74) is 6.34. The lowest BCUT2D eigenvalue weighted by atomic mass is 10.1. The van der Waals surface area contributed by atoms with Crippen LogP contribution in [0.15, 0.2) is 17.5 Å². The third-order valence-electron chi connectivity index (χ3n) is 3.49. The number of hydrogen-bond donors (Lipinski definition) is 1. The number of carbonyl (C=O) groups excluding carboxylic acids is 1. The first kappa shape index (κ1) is 21.0. The van der Waals surface area contributed by atoms with Gasteiger partial charge in [0.15, 0.2) is 23.1 Å². The Kier molecular flexibility index (Phi) is 6.33. The average Bonchev–Trinajstić information content (AvgIpc) is 2.59. The molecular weight excluding hydrogens is 393 g/mol. The van der Waals surface area contributed by atoms with Gasteiger partial charge in [0.2, 0.25) is 0 Å². The van der Waals surface area contributed by atoms with Crippen molar-refractivity contribution in [3.05, 3.63) is 39.6 Å². The zero-order valence-corrected chi connectivity index (χ0v) is 17.2. The normalized spacial score (nSPS) is 12.3. The molecule has 2 aromatic rings. The molecule has 0 aliphatic rings. The van der Waals surface area contributed by atoms with E-state index in [2.05, 4.69) is 28.7 Å². The Morgan fingerprint density at radius 1 is 1.26 bits per heavy atom. The van der Waals surface area contributed by atoms with E-state index in [0.717, 1.165) is 0 Å². The van der Waals surface area contributed by atoms with Crippen LogP contribution in [-0.4, -0.2) is 48.9 Å². The second-order valence-electron chi connectivity index (χ2n) is 6.36. The number of nitrogen functional groups attached to an aromatic ring is 1. The smallest absolute Gasteiger partial charge is 0.357 e. The summed E-state index contributed by atoms with van der Waals surface area (Å²) in [5, 5.41) is 2.05. The van der Waals surface area contributed by atoms with Crippen molar-refractivity contribution in [3.8, 4) is 17.1 Å². The van der Waals surface area contributed by atoms with Crippen LogP contribution in [0.3, 0.4) is 0 Å². The number of ether oxygens (including phenoxy) is 2. The number of methoxy groups -OCH3 is 2. The van der Waals surface area contributed by atoms with Gasteiger partial charge in [-0.05, 0) is 42.4 Å². The van der Waals surface area contributed by atoms with E-state index in [4.69, 9.17) is 26.8 Å². The van der Waals surface area contributed by atoms with E-state index in [0.29, 0.717) is 5.56 Å². The van der Waals surface area contributed by atoms with Crippen molar-refractivity contribution in [1.82, 2.24) is 9.97 Å². The second-order valence-corrected chi connectivity index (χ2v) is 10.9. The minimum atomic E-state index is -1.01. The summed E-state index contributed by atoms with van der Waals surface area (Å²) in [6, 6.07) is 2.85. The summed E-state index contributed by atoms with van der Waals surface area (Å²) in [6.07, 6.45) is 7.91. The molecule has 9 heteroatoms. The van der Waals surface area contributed by atoms with E-state index in [1.165, 1.54) is 26.4 Å². The fourth-order valence-electron chi connectivity index (χ4n) is 2.19. The van der Waals surface area contributed by atoms with Crippen LogP contribution in [0.1, 0.15) is 16.1 Å². The third kappa shape index (κ3) is 4.70. The van der Waals surface area contributed by atoms with Crippen molar-refractivity contribution in [2.45, 2.75) is 0 Å². The van der Waals surface area contributed by atoms with Crippen LogP contribution in [0.25, 0.3) is 17.5 Å². The lowest BCUT2D eigenvalue weighted by Gasteiger charge is -2.19. The van der Waals surface area contributed by atoms with Gasteiger partial charge in [0.05, 0.1) is 30.4 Å². The number of nitrogens with two attached hydrogens (primary N) is 1. The first-order chi connectivity index (χ1) is 12.6. The molecular formula is C18H21ClFN3O3S.